The molecule has 40 heavy (non-hydrogen) atoms. The van der Waals surface area contributed by atoms with Gasteiger partial charge >= 0.3 is 0 Å². The molecule has 1 aliphatic rings. The van der Waals surface area contributed by atoms with Gasteiger partial charge in [-0.25, -0.2) is 18.7 Å². The molecule has 1 saturated carbocycles. The van der Waals surface area contributed by atoms with Crippen LogP contribution in [0.25, 0.3) is 0 Å². The Morgan fingerprint density at radius 1 is 1.15 bits per heavy atom. The zero-order valence-electron chi connectivity index (χ0n) is 23.7. The van der Waals surface area contributed by atoms with E-state index in [0.29, 0.717) is 55.4 Å². The number of rotatable bonds is 13. The van der Waals surface area contributed by atoms with Crippen molar-refractivity contribution in [2.24, 2.45) is 0 Å². The summed E-state index contributed by atoms with van der Waals surface area (Å²) in [4.78, 5) is 10.6. The number of nitrogens with one attached hydrogen (secondary N) is 1. The fourth-order valence-electron chi connectivity index (χ4n) is 4.56. The number of nitrogens with zero attached hydrogens (tertiary/aromatic N) is 3. The van der Waals surface area contributed by atoms with E-state index in [2.05, 4.69) is 15.3 Å². The molecule has 0 bridgehead atoms. The van der Waals surface area contributed by atoms with Crippen LogP contribution in [0.15, 0.2) is 60.3 Å². The molecule has 0 aliphatic heterocycles. The number of hydrogen-bond acceptors (Lipinski definition) is 9. The first-order valence-corrected chi connectivity index (χ1v) is 13.1. The standard InChI is InChI=1S/C29H39F2N5O4/c1-6-22(38-3)12-10-20(18-37-2)16-36(17-21-11-13-23(39-4)15-24(21)40-5)28-26(32)27(33-19-34-28)35-25-9-7-8-14-29(25,30)31/h6,10-13,15,18-19,25H,7-9,14,16-17,32H2,1-5H3,(H,33,34,35)/b12-10-,20-18-,22-6+. The summed E-state index contributed by atoms with van der Waals surface area (Å²) in [5.41, 5.74) is 8.33. The van der Waals surface area contributed by atoms with E-state index in [1.165, 1.54) is 6.33 Å². The number of methoxy groups -OCH3 is 4. The van der Waals surface area contributed by atoms with E-state index in [-0.39, 0.29) is 17.9 Å². The Hall–Kier alpha value is -4.02. The van der Waals surface area contributed by atoms with Crippen LogP contribution in [-0.4, -0.2) is 56.9 Å². The fourth-order valence-corrected chi connectivity index (χ4v) is 4.56. The van der Waals surface area contributed by atoms with Crippen molar-refractivity contribution in [3.8, 4) is 11.5 Å². The van der Waals surface area contributed by atoms with Crippen LogP contribution in [0.3, 0.4) is 0 Å². The molecule has 1 fully saturated rings. The van der Waals surface area contributed by atoms with Crippen LogP contribution >= 0.6 is 0 Å². The summed E-state index contributed by atoms with van der Waals surface area (Å²) in [5, 5.41) is 2.90. The second-order valence-electron chi connectivity index (χ2n) is 9.35. The van der Waals surface area contributed by atoms with Crippen molar-refractivity contribution in [2.75, 3.05) is 50.9 Å². The number of nitrogens with two attached hydrogens (primary N) is 1. The zero-order valence-corrected chi connectivity index (χ0v) is 23.7. The second kappa shape index (κ2) is 14.4. The highest BCUT2D eigenvalue weighted by Gasteiger charge is 2.42. The van der Waals surface area contributed by atoms with Gasteiger partial charge in [0.05, 0.1) is 40.7 Å². The van der Waals surface area contributed by atoms with Crippen molar-refractivity contribution >= 4 is 17.3 Å². The second-order valence-corrected chi connectivity index (χ2v) is 9.35. The largest absolute Gasteiger partial charge is 0.504 e. The van der Waals surface area contributed by atoms with Gasteiger partial charge < -0.3 is 34.9 Å². The van der Waals surface area contributed by atoms with E-state index in [0.717, 1.165) is 11.1 Å². The van der Waals surface area contributed by atoms with Gasteiger partial charge in [-0.05, 0) is 44.1 Å². The van der Waals surface area contributed by atoms with Gasteiger partial charge in [0.1, 0.15) is 29.3 Å². The minimum Gasteiger partial charge on any atom is -0.504 e. The molecule has 1 heterocycles. The first-order valence-electron chi connectivity index (χ1n) is 13.1. The normalized spacial score (nSPS) is 17.4. The highest BCUT2D eigenvalue weighted by atomic mass is 19.3. The Morgan fingerprint density at radius 3 is 2.60 bits per heavy atom. The summed E-state index contributed by atoms with van der Waals surface area (Å²) < 4.78 is 50.9. The van der Waals surface area contributed by atoms with Crippen molar-refractivity contribution in [1.29, 1.82) is 0 Å². The molecule has 11 heteroatoms. The van der Waals surface area contributed by atoms with Gasteiger partial charge in [0.25, 0.3) is 5.92 Å². The van der Waals surface area contributed by atoms with E-state index in [4.69, 9.17) is 24.7 Å². The molecule has 0 spiro atoms. The molecule has 218 valence electrons. The van der Waals surface area contributed by atoms with E-state index in [1.54, 1.807) is 40.8 Å². The topological polar surface area (TPSA) is 104 Å². The average molecular weight is 560 g/mol. The molecular formula is C29H39F2N5O4. The Balaban J connectivity index is 2.02. The summed E-state index contributed by atoms with van der Waals surface area (Å²) in [6.07, 6.45) is 9.81. The van der Waals surface area contributed by atoms with Crippen molar-refractivity contribution in [3.63, 3.8) is 0 Å². The number of ether oxygens (including phenoxy) is 4. The van der Waals surface area contributed by atoms with E-state index in [9.17, 15) is 8.78 Å². The van der Waals surface area contributed by atoms with E-state index < -0.39 is 12.0 Å². The quantitative estimate of drug-likeness (QED) is 0.236. The smallest absolute Gasteiger partial charge is 0.267 e. The van der Waals surface area contributed by atoms with Gasteiger partial charge in [0, 0.05) is 36.7 Å². The molecule has 0 saturated heterocycles. The summed E-state index contributed by atoms with van der Waals surface area (Å²) in [6.45, 7) is 2.50. The summed E-state index contributed by atoms with van der Waals surface area (Å²) in [5.74, 6) is -0.367. The Labute approximate surface area is 234 Å². The first-order chi connectivity index (χ1) is 19.3. The summed E-state index contributed by atoms with van der Waals surface area (Å²) >= 11 is 0. The number of hydrogen-bond donors (Lipinski definition) is 2. The highest BCUT2D eigenvalue weighted by Crippen LogP contribution is 2.37. The van der Waals surface area contributed by atoms with Gasteiger partial charge in [-0.3, -0.25) is 0 Å². The molecule has 1 aromatic carbocycles. The summed E-state index contributed by atoms with van der Waals surface area (Å²) in [6, 6.07) is 4.46. The minimum atomic E-state index is -2.85. The lowest BCUT2D eigenvalue weighted by atomic mass is 9.91. The number of nitrogen functional groups attached to an aromatic ring is 1. The Morgan fingerprint density at radius 2 is 1.95 bits per heavy atom. The summed E-state index contributed by atoms with van der Waals surface area (Å²) in [7, 11) is 6.31. The van der Waals surface area contributed by atoms with Crippen molar-refractivity contribution in [3.05, 3.63) is 65.9 Å². The number of benzene rings is 1. The van der Waals surface area contributed by atoms with E-state index >= 15 is 0 Å². The van der Waals surface area contributed by atoms with Crippen LogP contribution in [0.5, 0.6) is 11.5 Å². The van der Waals surface area contributed by atoms with Crippen LogP contribution in [0.4, 0.5) is 26.1 Å². The molecular weight excluding hydrogens is 520 g/mol. The third kappa shape index (κ3) is 7.77. The monoisotopic (exact) mass is 559 g/mol. The lowest BCUT2D eigenvalue weighted by Gasteiger charge is -2.33. The maximum absolute atomic E-state index is 14.6. The first kappa shape index (κ1) is 30.5. The molecule has 0 amide bonds. The Kier molecular flexibility index (Phi) is 11.0. The Bertz CT molecular complexity index is 1220. The number of halogens is 2. The van der Waals surface area contributed by atoms with Gasteiger partial charge in [0.15, 0.2) is 11.6 Å². The molecule has 2 aromatic rings. The molecule has 9 nitrogen and oxygen atoms in total. The van der Waals surface area contributed by atoms with Gasteiger partial charge in [-0.1, -0.05) is 12.5 Å². The minimum absolute atomic E-state index is 0.168. The molecule has 0 radical (unpaired) electrons. The van der Waals surface area contributed by atoms with Crippen molar-refractivity contribution < 1.29 is 27.7 Å². The zero-order chi connectivity index (χ0) is 29.1. The predicted molar refractivity (Wildman–Crippen MR) is 153 cm³/mol. The van der Waals surface area contributed by atoms with Crippen molar-refractivity contribution in [2.45, 2.75) is 51.1 Å². The molecule has 3 rings (SSSR count). The third-order valence-electron chi connectivity index (χ3n) is 6.72. The van der Waals surface area contributed by atoms with Gasteiger partial charge in [-0.2, -0.15) is 0 Å². The van der Waals surface area contributed by atoms with Gasteiger partial charge in [-0.15, -0.1) is 0 Å². The number of alkyl halides is 2. The maximum atomic E-state index is 14.6. The van der Waals surface area contributed by atoms with Crippen molar-refractivity contribution in [1.82, 2.24) is 9.97 Å². The molecule has 1 aliphatic carbocycles. The molecule has 1 unspecified atom stereocenters. The number of anilines is 3. The van der Waals surface area contributed by atoms with Crippen LogP contribution in [0.2, 0.25) is 0 Å². The van der Waals surface area contributed by atoms with E-state index in [1.807, 2.05) is 42.2 Å². The molecule has 3 N–H and O–H groups in total. The molecule has 1 atom stereocenters. The van der Waals surface area contributed by atoms with Crippen LogP contribution in [-0.2, 0) is 16.0 Å². The lowest BCUT2D eigenvalue weighted by molar-refractivity contribution is -0.0449. The average Bonchev–Trinajstić information content (AvgIpc) is 2.95. The van der Waals surface area contributed by atoms with Crippen LogP contribution < -0.4 is 25.4 Å². The van der Waals surface area contributed by atoms with Gasteiger partial charge in [0.2, 0.25) is 0 Å². The fraction of sp³-hybridized carbons (Fsp3) is 0.448. The SMILES string of the molecule is C\C=C(/C=C\C(=C\OC)CN(Cc1ccc(OC)cc1OC)c1ncnc(NC2CCCCC2(F)F)c1N)OC. The predicted octanol–water partition coefficient (Wildman–Crippen LogP) is 5.71. The number of allylic oxidation sites excluding steroid dienone is 2. The lowest BCUT2D eigenvalue weighted by Crippen LogP contribution is -2.42. The third-order valence-corrected chi connectivity index (χ3v) is 6.72. The highest BCUT2D eigenvalue weighted by molar-refractivity contribution is 5.75. The van der Waals surface area contributed by atoms with Crippen LogP contribution in [0.1, 0.15) is 38.2 Å². The number of aromatic nitrogens is 2. The molecule has 1 aromatic heterocycles. The maximum Gasteiger partial charge on any atom is 0.267 e. The van der Waals surface area contributed by atoms with Crippen LogP contribution in [0, 0.1) is 0 Å².